The fraction of sp³-hybridized carbons (Fsp3) is 0.417. The fourth-order valence-electron chi connectivity index (χ4n) is 1.39. The zero-order chi connectivity index (χ0) is 14.3. The summed E-state index contributed by atoms with van der Waals surface area (Å²) in [5.74, 6) is -1.13. The lowest BCUT2D eigenvalue weighted by atomic mass is 10.2. The molecule has 1 aromatic rings. The number of benzene rings is 1. The molecule has 0 bridgehead atoms. The molecule has 106 valence electrons. The molecule has 0 aliphatic carbocycles. The normalized spacial score (nSPS) is 11.3. The summed E-state index contributed by atoms with van der Waals surface area (Å²) in [5.41, 5.74) is 0.477. The first-order valence-electron chi connectivity index (χ1n) is 5.80. The predicted octanol–water partition coefficient (Wildman–Crippen LogP) is 1.20. The van der Waals surface area contributed by atoms with Crippen LogP contribution in [0.3, 0.4) is 0 Å². The van der Waals surface area contributed by atoms with Crippen molar-refractivity contribution in [2.45, 2.75) is 19.1 Å². The van der Waals surface area contributed by atoms with Crippen molar-refractivity contribution in [2.24, 2.45) is 0 Å². The third kappa shape index (κ3) is 6.30. The summed E-state index contributed by atoms with van der Waals surface area (Å²) < 4.78 is 43.0. The number of sulfonamides is 1. The molecule has 1 aromatic carbocycles. The Morgan fingerprint density at radius 1 is 1.32 bits per heavy atom. The maximum absolute atomic E-state index is 12.7. The highest BCUT2D eigenvalue weighted by atomic mass is 32.2. The molecule has 0 atom stereocenters. The fourth-order valence-corrected chi connectivity index (χ4v) is 2.54. The van der Waals surface area contributed by atoms with E-state index in [0.717, 1.165) is 0 Å². The topological polar surface area (TPSA) is 72.5 Å². The van der Waals surface area contributed by atoms with E-state index in [1.54, 1.807) is 6.92 Å². The number of carbonyl (C=O) groups is 1. The number of ether oxygens (including phenoxy) is 1. The second kappa shape index (κ2) is 7.20. The standard InChI is InChI=1S/C12H16FNO4S/c1-2-18-12(15)7-8-14-19(16,17)9-10-3-5-11(13)6-4-10/h3-6,14H,2,7-9H2,1H3. The number of rotatable bonds is 7. The summed E-state index contributed by atoms with van der Waals surface area (Å²) in [4.78, 5) is 11.0. The van der Waals surface area contributed by atoms with Crippen LogP contribution >= 0.6 is 0 Å². The van der Waals surface area contributed by atoms with Gasteiger partial charge < -0.3 is 4.74 Å². The maximum Gasteiger partial charge on any atom is 0.307 e. The molecule has 0 fully saturated rings. The van der Waals surface area contributed by atoms with Gasteiger partial charge in [-0.3, -0.25) is 4.79 Å². The molecule has 0 unspecified atom stereocenters. The van der Waals surface area contributed by atoms with Crippen LogP contribution in [0.1, 0.15) is 18.9 Å². The van der Waals surface area contributed by atoms with Crippen LogP contribution < -0.4 is 4.72 Å². The number of hydrogen-bond acceptors (Lipinski definition) is 4. The average Bonchev–Trinajstić information content (AvgIpc) is 2.32. The first-order valence-corrected chi connectivity index (χ1v) is 7.45. The van der Waals surface area contributed by atoms with Gasteiger partial charge in [0.05, 0.1) is 18.8 Å². The van der Waals surface area contributed by atoms with E-state index >= 15 is 0 Å². The highest BCUT2D eigenvalue weighted by molar-refractivity contribution is 7.88. The van der Waals surface area contributed by atoms with Crippen LogP contribution in [0.25, 0.3) is 0 Å². The number of hydrogen-bond donors (Lipinski definition) is 1. The largest absolute Gasteiger partial charge is 0.466 e. The van der Waals surface area contributed by atoms with Gasteiger partial charge in [0, 0.05) is 6.54 Å². The molecule has 0 aromatic heterocycles. The van der Waals surface area contributed by atoms with Crippen molar-refractivity contribution in [1.29, 1.82) is 0 Å². The van der Waals surface area contributed by atoms with Crippen molar-refractivity contribution in [3.05, 3.63) is 35.6 Å². The minimum Gasteiger partial charge on any atom is -0.466 e. The van der Waals surface area contributed by atoms with Crippen molar-refractivity contribution >= 4 is 16.0 Å². The summed E-state index contributed by atoms with van der Waals surface area (Å²) in [7, 11) is -3.54. The summed E-state index contributed by atoms with van der Waals surface area (Å²) in [6, 6.07) is 5.20. The number of esters is 1. The van der Waals surface area contributed by atoms with Gasteiger partial charge in [0.15, 0.2) is 0 Å². The van der Waals surface area contributed by atoms with Crippen molar-refractivity contribution < 1.29 is 22.3 Å². The summed E-state index contributed by atoms with van der Waals surface area (Å²) in [5, 5.41) is 0. The SMILES string of the molecule is CCOC(=O)CCNS(=O)(=O)Cc1ccc(F)cc1. The van der Waals surface area contributed by atoms with Crippen molar-refractivity contribution in [2.75, 3.05) is 13.2 Å². The Balaban J connectivity index is 2.44. The van der Waals surface area contributed by atoms with Gasteiger partial charge in [-0.2, -0.15) is 0 Å². The molecule has 0 amide bonds. The van der Waals surface area contributed by atoms with Gasteiger partial charge in [0.1, 0.15) is 5.82 Å². The molecule has 0 saturated carbocycles. The molecule has 0 saturated heterocycles. The molecule has 5 nitrogen and oxygen atoms in total. The minimum atomic E-state index is -3.54. The number of nitrogens with one attached hydrogen (secondary N) is 1. The van der Waals surface area contributed by atoms with Crippen LogP contribution in [0.5, 0.6) is 0 Å². The lowest BCUT2D eigenvalue weighted by Crippen LogP contribution is -2.28. The number of halogens is 1. The van der Waals surface area contributed by atoms with Gasteiger partial charge in [-0.1, -0.05) is 12.1 Å². The van der Waals surface area contributed by atoms with Crippen molar-refractivity contribution in [3.8, 4) is 0 Å². The summed E-state index contributed by atoms with van der Waals surface area (Å²) >= 11 is 0. The molecule has 0 aliphatic heterocycles. The monoisotopic (exact) mass is 289 g/mol. The Morgan fingerprint density at radius 3 is 2.53 bits per heavy atom. The van der Waals surface area contributed by atoms with E-state index in [9.17, 15) is 17.6 Å². The lowest BCUT2D eigenvalue weighted by molar-refractivity contribution is -0.142. The van der Waals surface area contributed by atoms with Crippen molar-refractivity contribution in [3.63, 3.8) is 0 Å². The van der Waals surface area contributed by atoms with Gasteiger partial charge in [-0.15, -0.1) is 0 Å². The van der Waals surface area contributed by atoms with E-state index in [2.05, 4.69) is 9.46 Å². The first kappa shape index (κ1) is 15.6. The van der Waals surface area contributed by atoms with Gasteiger partial charge in [0.25, 0.3) is 0 Å². The lowest BCUT2D eigenvalue weighted by Gasteiger charge is -2.06. The van der Waals surface area contributed by atoms with Crippen LogP contribution in [0.2, 0.25) is 0 Å². The zero-order valence-corrected chi connectivity index (χ0v) is 11.4. The third-order valence-electron chi connectivity index (χ3n) is 2.23. The Labute approximate surface area is 111 Å². The third-order valence-corrected chi connectivity index (χ3v) is 3.58. The molecular formula is C12H16FNO4S. The molecular weight excluding hydrogens is 273 g/mol. The zero-order valence-electron chi connectivity index (χ0n) is 10.6. The van der Waals surface area contributed by atoms with E-state index in [0.29, 0.717) is 5.56 Å². The number of carbonyl (C=O) groups excluding carboxylic acids is 1. The quantitative estimate of drug-likeness (QED) is 0.766. The molecule has 1 N–H and O–H groups in total. The van der Waals surface area contributed by atoms with E-state index in [1.807, 2.05) is 0 Å². The Bertz CT molecular complexity index is 513. The Kier molecular flexibility index (Phi) is 5.91. The summed E-state index contributed by atoms with van der Waals surface area (Å²) in [6.07, 6.45) is -0.0174. The van der Waals surface area contributed by atoms with E-state index < -0.39 is 21.8 Å². The van der Waals surface area contributed by atoms with E-state index in [1.165, 1.54) is 24.3 Å². The molecule has 0 heterocycles. The highest BCUT2D eigenvalue weighted by Gasteiger charge is 2.12. The first-order chi connectivity index (χ1) is 8.93. The van der Waals surface area contributed by atoms with Gasteiger partial charge in [-0.05, 0) is 24.6 Å². The van der Waals surface area contributed by atoms with Gasteiger partial charge in [-0.25, -0.2) is 17.5 Å². The minimum absolute atomic E-state index is 0.0115. The van der Waals surface area contributed by atoms with Crippen LogP contribution in [-0.4, -0.2) is 27.5 Å². The van der Waals surface area contributed by atoms with Crippen LogP contribution in [-0.2, 0) is 25.3 Å². The summed E-state index contributed by atoms with van der Waals surface area (Å²) in [6.45, 7) is 1.93. The highest BCUT2D eigenvalue weighted by Crippen LogP contribution is 2.06. The van der Waals surface area contributed by atoms with E-state index in [4.69, 9.17) is 0 Å². The van der Waals surface area contributed by atoms with Crippen LogP contribution in [0, 0.1) is 5.82 Å². The molecule has 0 spiro atoms. The second-order valence-electron chi connectivity index (χ2n) is 3.83. The molecule has 7 heteroatoms. The molecule has 1 rings (SSSR count). The van der Waals surface area contributed by atoms with Gasteiger partial charge >= 0.3 is 5.97 Å². The predicted molar refractivity (Wildman–Crippen MR) is 68.3 cm³/mol. The maximum atomic E-state index is 12.7. The van der Waals surface area contributed by atoms with Gasteiger partial charge in [0.2, 0.25) is 10.0 Å². The molecule has 0 aliphatic rings. The second-order valence-corrected chi connectivity index (χ2v) is 5.64. The van der Waals surface area contributed by atoms with Crippen molar-refractivity contribution in [1.82, 2.24) is 4.72 Å². The Morgan fingerprint density at radius 2 is 1.95 bits per heavy atom. The van der Waals surface area contributed by atoms with Crippen LogP contribution in [0.4, 0.5) is 4.39 Å². The molecule has 19 heavy (non-hydrogen) atoms. The average molecular weight is 289 g/mol. The Hall–Kier alpha value is -1.47. The van der Waals surface area contributed by atoms with Crippen LogP contribution in [0.15, 0.2) is 24.3 Å². The smallest absolute Gasteiger partial charge is 0.307 e. The molecule has 0 radical (unpaired) electrons. The van der Waals surface area contributed by atoms with E-state index in [-0.39, 0.29) is 25.3 Å².